The Balaban J connectivity index is 5.33. The molecule has 0 aliphatic carbocycles. The summed E-state index contributed by atoms with van der Waals surface area (Å²) in [6.07, 6.45) is 58.5. The Kier molecular flexibility index (Phi) is 63.8. The van der Waals surface area contributed by atoms with E-state index in [9.17, 15) is 43.2 Å². The average Bonchev–Trinajstić information content (AvgIpc) is 1.33. The molecule has 0 amide bonds. The predicted octanol–water partition coefficient (Wildman–Crippen LogP) is 21.0. The van der Waals surface area contributed by atoms with E-state index in [0.29, 0.717) is 31.6 Å². The van der Waals surface area contributed by atoms with Gasteiger partial charge in [-0.2, -0.15) is 0 Å². The van der Waals surface area contributed by atoms with Crippen LogP contribution in [-0.2, 0) is 65.4 Å². The molecule has 0 aliphatic rings. The van der Waals surface area contributed by atoms with Gasteiger partial charge in [0.15, 0.2) is 12.2 Å². The lowest BCUT2D eigenvalue weighted by atomic mass is 9.99. The van der Waals surface area contributed by atoms with Crippen LogP contribution < -0.4 is 0 Å². The molecule has 4 unspecified atom stereocenters. The summed E-state index contributed by atoms with van der Waals surface area (Å²) in [5, 5.41) is 10.6. The van der Waals surface area contributed by atoms with Gasteiger partial charge in [0.1, 0.15) is 19.3 Å². The van der Waals surface area contributed by atoms with Crippen LogP contribution in [0.4, 0.5) is 0 Å². The summed E-state index contributed by atoms with van der Waals surface area (Å²) in [6, 6.07) is 0. The molecule has 0 saturated carbocycles. The van der Waals surface area contributed by atoms with Crippen molar-refractivity contribution in [3.8, 4) is 0 Å². The van der Waals surface area contributed by atoms with Gasteiger partial charge in [0.25, 0.3) is 0 Å². The maximum atomic E-state index is 13.1. The maximum Gasteiger partial charge on any atom is 0.472 e. The van der Waals surface area contributed by atoms with Crippen LogP contribution in [0.15, 0.2) is 48.6 Å². The molecule has 19 heteroatoms. The second-order valence-electron chi connectivity index (χ2n) is 26.4. The van der Waals surface area contributed by atoms with Crippen molar-refractivity contribution >= 4 is 39.5 Å². The Hall–Kier alpha value is -2.98. The van der Waals surface area contributed by atoms with Crippen LogP contribution in [-0.4, -0.2) is 96.7 Å². The van der Waals surface area contributed by atoms with Gasteiger partial charge < -0.3 is 33.8 Å². The van der Waals surface area contributed by atoms with Crippen molar-refractivity contribution < 1.29 is 80.2 Å². The lowest BCUT2D eigenvalue weighted by molar-refractivity contribution is -0.161. The van der Waals surface area contributed by atoms with Gasteiger partial charge >= 0.3 is 39.5 Å². The number of phosphoric acid groups is 2. The first-order valence-corrected chi connectivity index (χ1v) is 40.7. The Morgan fingerprint density at radius 2 is 0.628 bits per heavy atom. The third-order valence-electron chi connectivity index (χ3n) is 16.6. The Morgan fingerprint density at radius 3 is 0.947 bits per heavy atom. The molecule has 3 N–H and O–H groups in total. The van der Waals surface area contributed by atoms with E-state index in [1.807, 2.05) is 0 Å². The highest BCUT2D eigenvalue weighted by Crippen LogP contribution is 2.45. The fraction of sp³-hybridized carbons (Fsp3) is 0.840. The molecule has 0 rings (SSSR count). The highest BCUT2D eigenvalue weighted by Gasteiger charge is 2.30. The molecule has 0 bridgehead atoms. The van der Waals surface area contributed by atoms with Crippen molar-refractivity contribution in [1.82, 2.24) is 0 Å². The molecule has 0 fully saturated rings. The largest absolute Gasteiger partial charge is 0.472 e. The van der Waals surface area contributed by atoms with Gasteiger partial charge in [-0.05, 0) is 88.9 Å². The molecule has 0 saturated heterocycles. The molecule has 550 valence electrons. The van der Waals surface area contributed by atoms with Gasteiger partial charge in [0.2, 0.25) is 0 Å². The topological polar surface area (TPSA) is 237 Å². The van der Waals surface area contributed by atoms with E-state index in [2.05, 4.69) is 90.2 Å². The summed E-state index contributed by atoms with van der Waals surface area (Å²) < 4.78 is 68.4. The van der Waals surface area contributed by atoms with Crippen LogP contribution >= 0.6 is 15.6 Å². The van der Waals surface area contributed by atoms with Crippen LogP contribution in [0, 0.1) is 11.8 Å². The Morgan fingerprint density at radius 1 is 0.351 bits per heavy atom. The van der Waals surface area contributed by atoms with Gasteiger partial charge in [-0.1, -0.05) is 283 Å². The first kappa shape index (κ1) is 91.0. The van der Waals surface area contributed by atoms with Crippen molar-refractivity contribution in [3.05, 3.63) is 48.6 Å². The summed E-state index contributed by atoms with van der Waals surface area (Å²) in [5.74, 6) is -0.678. The SMILES string of the molecule is CCCCCC/C=C\C=C/CCCCCCCC(=O)OC[C@H](COP(=O)(O)OCC(O)COP(=O)(O)OC[C@@H](COC(=O)CCCCCCCCCC(C)C)OC(=O)CCCCCCCCCCCCC(C)CC)OC(=O)CCCCCCC/C=C\C=C/CCCCCC. The molecule has 6 atom stereocenters. The molecule has 0 radical (unpaired) electrons. The van der Waals surface area contributed by atoms with Gasteiger partial charge in [-0.3, -0.25) is 37.3 Å². The number of aliphatic hydroxyl groups is 1. The molecule has 0 heterocycles. The van der Waals surface area contributed by atoms with Crippen molar-refractivity contribution in [2.45, 2.75) is 355 Å². The molecule has 0 aliphatic heterocycles. The summed E-state index contributed by atoms with van der Waals surface area (Å²) in [5.41, 5.74) is 0. The van der Waals surface area contributed by atoms with Gasteiger partial charge in [0.05, 0.1) is 26.4 Å². The van der Waals surface area contributed by atoms with E-state index >= 15 is 0 Å². The van der Waals surface area contributed by atoms with Crippen LogP contribution in [0.1, 0.15) is 337 Å². The third-order valence-corrected chi connectivity index (χ3v) is 18.5. The zero-order chi connectivity index (χ0) is 69.3. The molecular formula is C75H138O17P2. The zero-order valence-electron chi connectivity index (χ0n) is 60.2. The Labute approximate surface area is 572 Å². The third kappa shape index (κ3) is 66.3. The fourth-order valence-electron chi connectivity index (χ4n) is 10.4. The van der Waals surface area contributed by atoms with E-state index in [-0.39, 0.29) is 25.7 Å². The van der Waals surface area contributed by atoms with Gasteiger partial charge in [0, 0.05) is 25.7 Å². The number of aliphatic hydroxyl groups excluding tert-OH is 1. The summed E-state index contributed by atoms with van der Waals surface area (Å²) in [6.45, 7) is 9.41. The number of unbranched alkanes of at least 4 members (excludes halogenated alkanes) is 33. The number of esters is 4. The number of ether oxygens (including phenoxy) is 4. The monoisotopic (exact) mass is 1370 g/mol. The zero-order valence-corrected chi connectivity index (χ0v) is 62.0. The van der Waals surface area contributed by atoms with E-state index in [1.54, 1.807) is 0 Å². The molecule has 17 nitrogen and oxygen atoms in total. The fourth-order valence-corrected chi connectivity index (χ4v) is 11.9. The van der Waals surface area contributed by atoms with Crippen molar-refractivity contribution in [2.75, 3.05) is 39.6 Å². The smallest absolute Gasteiger partial charge is 0.462 e. The van der Waals surface area contributed by atoms with E-state index in [1.165, 1.54) is 116 Å². The second kappa shape index (κ2) is 65.9. The number of hydrogen-bond donors (Lipinski definition) is 3. The average molecular weight is 1370 g/mol. The molecular weight excluding hydrogens is 1230 g/mol. The predicted molar refractivity (Wildman–Crippen MR) is 381 cm³/mol. The van der Waals surface area contributed by atoms with Gasteiger partial charge in [-0.15, -0.1) is 0 Å². The maximum absolute atomic E-state index is 13.1. The number of phosphoric ester groups is 2. The van der Waals surface area contributed by atoms with Gasteiger partial charge in [-0.25, -0.2) is 9.13 Å². The molecule has 0 aromatic rings. The standard InChI is InChI=1S/C75H138O17P2/c1-7-10-12-14-16-18-20-22-24-26-28-33-39-45-51-57-72(77)85-63-70(91-74(79)59-53-47-40-34-29-27-25-23-21-19-17-15-13-11-8-2)65-89-93(81,82)87-61-69(76)62-88-94(83,84)90-66-71(64-86-73(78)58-52-46-42-36-37-43-49-55-67(4)5)92-75(80)60-54-48-41-35-31-30-32-38-44-50-56-68(6)9-3/h18-25,67-71,76H,7-17,26-66H2,1-6H3,(H,81,82)(H,83,84)/b20-18-,21-19-,24-22-,25-23-/t68?,69?,70-,71-/m1/s1. The lowest BCUT2D eigenvalue weighted by Gasteiger charge is -2.21. The quantitative estimate of drug-likeness (QED) is 0.0169. The number of carbonyl (C=O) groups is 4. The van der Waals surface area contributed by atoms with Crippen LogP contribution in [0.2, 0.25) is 0 Å². The highest BCUT2D eigenvalue weighted by molar-refractivity contribution is 7.47. The minimum atomic E-state index is -4.97. The van der Waals surface area contributed by atoms with Crippen LogP contribution in [0.25, 0.3) is 0 Å². The van der Waals surface area contributed by atoms with E-state index in [0.717, 1.165) is 134 Å². The molecule has 94 heavy (non-hydrogen) atoms. The molecule has 0 aromatic carbocycles. The van der Waals surface area contributed by atoms with Crippen molar-refractivity contribution in [1.29, 1.82) is 0 Å². The number of allylic oxidation sites excluding steroid dienone is 8. The first-order valence-electron chi connectivity index (χ1n) is 37.7. The number of hydrogen-bond acceptors (Lipinski definition) is 15. The van der Waals surface area contributed by atoms with Crippen molar-refractivity contribution in [2.24, 2.45) is 11.8 Å². The molecule has 0 aromatic heterocycles. The summed E-state index contributed by atoms with van der Waals surface area (Å²) >= 11 is 0. The van der Waals surface area contributed by atoms with Crippen molar-refractivity contribution in [3.63, 3.8) is 0 Å². The Bertz CT molecular complexity index is 2010. The highest BCUT2D eigenvalue weighted by atomic mass is 31.2. The lowest BCUT2D eigenvalue weighted by Crippen LogP contribution is -2.30. The van der Waals surface area contributed by atoms with Crippen LogP contribution in [0.3, 0.4) is 0 Å². The summed E-state index contributed by atoms with van der Waals surface area (Å²) in [7, 11) is -9.93. The number of rotatable bonds is 70. The molecule has 0 spiro atoms. The minimum absolute atomic E-state index is 0.0779. The number of carbonyl (C=O) groups excluding carboxylic acids is 4. The van der Waals surface area contributed by atoms with E-state index in [4.69, 9.17) is 37.0 Å². The summed E-state index contributed by atoms with van der Waals surface area (Å²) in [4.78, 5) is 72.7. The first-order chi connectivity index (χ1) is 45.4. The normalized spacial score (nSPS) is 14.7. The van der Waals surface area contributed by atoms with E-state index < -0.39 is 97.5 Å². The van der Waals surface area contributed by atoms with Crippen LogP contribution in [0.5, 0.6) is 0 Å². The second-order valence-corrected chi connectivity index (χ2v) is 29.3. The minimum Gasteiger partial charge on any atom is -0.462 e.